The lowest BCUT2D eigenvalue weighted by Gasteiger charge is -2.34. The Kier molecular flexibility index (Phi) is 7.80. The number of carbonyl (C=O) groups is 3. The van der Waals surface area contributed by atoms with Gasteiger partial charge in [-0.3, -0.25) is 14.5 Å². The molecule has 196 valence electrons. The summed E-state index contributed by atoms with van der Waals surface area (Å²) in [5.41, 5.74) is 7.45. The molecule has 2 N–H and O–H groups in total. The minimum absolute atomic E-state index is 0.115. The molecule has 37 heavy (non-hydrogen) atoms. The second-order valence-electron chi connectivity index (χ2n) is 9.97. The van der Waals surface area contributed by atoms with E-state index in [0.717, 1.165) is 17.5 Å². The van der Waals surface area contributed by atoms with Crippen LogP contribution in [0.3, 0.4) is 0 Å². The minimum atomic E-state index is -1.04. The molecule has 0 saturated carbocycles. The van der Waals surface area contributed by atoms with Crippen LogP contribution in [0.2, 0.25) is 0 Å². The zero-order chi connectivity index (χ0) is 26.6. The average molecular weight is 506 g/mol. The number of nitrogens with zero attached hydrogens (tertiary/aromatic N) is 4. The molecule has 2 aliphatic rings. The molecule has 3 amide bonds. The van der Waals surface area contributed by atoms with Gasteiger partial charge >= 0.3 is 6.09 Å². The van der Waals surface area contributed by atoms with Crippen LogP contribution in [0, 0.1) is 5.92 Å². The van der Waals surface area contributed by atoms with Crippen molar-refractivity contribution in [2.45, 2.75) is 38.8 Å². The summed E-state index contributed by atoms with van der Waals surface area (Å²) in [7, 11) is 1.35. The molecule has 0 spiro atoms. The summed E-state index contributed by atoms with van der Waals surface area (Å²) >= 11 is 0. The van der Waals surface area contributed by atoms with Gasteiger partial charge < -0.3 is 20.3 Å². The van der Waals surface area contributed by atoms with Crippen LogP contribution in [-0.2, 0) is 21.6 Å². The molecule has 0 bridgehead atoms. The van der Waals surface area contributed by atoms with Gasteiger partial charge in [-0.05, 0) is 42.0 Å². The summed E-state index contributed by atoms with van der Waals surface area (Å²) in [5.74, 6) is 0.341. The normalized spacial score (nSPS) is 19.8. The summed E-state index contributed by atoms with van der Waals surface area (Å²) < 4.78 is 4.77. The number of piperazine rings is 1. The zero-order valence-corrected chi connectivity index (χ0v) is 21.7. The third-order valence-electron chi connectivity index (χ3n) is 7.03. The van der Waals surface area contributed by atoms with Gasteiger partial charge in [0.1, 0.15) is 0 Å². The molecule has 0 unspecified atom stereocenters. The number of benzene rings is 2. The van der Waals surface area contributed by atoms with Crippen molar-refractivity contribution >= 4 is 23.9 Å². The van der Waals surface area contributed by atoms with Gasteiger partial charge in [0.15, 0.2) is 11.5 Å². The fourth-order valence-corrected chi connectivity index (χ4v) is 4.88. The van der Waals surface area contributed by atoms with Crippen LogP contribution in [0.15, 0.2) is 59.6 Å². The monoisotopic (exact) mass is 505 g/mol. The molecule has 2 aromatic rings. The molecule has 2 aliphatic heterocycles. The number of ether oxygens (including phenoxy) is 1. The Hall–Kier alpha value is -3.88. The molecule has 1 saturated heterocycles. The number of guanidine groups is 1. The summed E-state index contributed by atoms with van der Waals surface area (Å²) in [6.45, 7) is 6.18. The first-order valence-corrected chi connectivity index (χ1v) is 12.7. The van der Waals surface area contributed by atoms with Crippen molar-refractivity contribution in [3.63, 3.8) is 0 Å². The number of nitrogens with two attached hydrogens (primary N) is 1. The number of carbonyl (C=O) groups excluding carboxylic acids is 3. The second kappa shape index (κ2) is 11.0. The van der Waals surface area contributed by atoms with Crippen molar-refractivity contribution < 1.29 is 19.1 Å². The molecule has 9 heteroatoms. The van der Waals surface area contributed by atoms with E-state index < -0.39 is 5.54 Å². The molecule has 1 fully saturated rings. The first-order chi connectivity index (χ1) is 17.7. The van der Waals surface area contributed by atoms with Gasteiger partial charge in [0.2, 0.25) is 0 Å². The van der Waals surface area contributed by atoms with E-state index in [2.05, 4.69) is 13.8 Å². The van der Waals surface area contributed by atoms with Gasteiger partial charge in [-0.2, -0.15) is 0 Å². The molecular weight excluding hydrogens is 470 g/mol. The predicted molar refractivity (Wildman–Crippen MR) is 141 cm³/mol. The van der Waals surface area contributed by atoms with Crippen LogP contribution >= 0.6 is 0 Å². The van der Waals surface area contributed by atoms with Crippen molar-refractivity contribution in [1.29, 1.82) is 0 Å². The van der Waals surface area contributed by atoms with E-state index in [-0.39, 0.29) is 30.4 Å². The van der Waals surface area contributed by atoms with Gasteiger partial charge in [-0.15, -0.1) is 0 Å². The fraction of sp³-hybridized carbons (Fsp3) is 0.429. The third-order valence-corrected chi connectivity index (χ3v) is 7.03. The van der Waals surface area contributed by atoms with E-state index in [0.29, 0.717) is 44.1 Å². The molecule has 2 aromatic carbocycles. The van der Waals surface area contributed by atoms with E-state index in [1.165, 1.54) is 12.0 Å². The number of methoxy groups -OCH3 is 1. The summed E-state index contributed by atoms with van der Waals surface area (Å²) in [6.07, 6.45) is 1.02. The minimum Gasteiger partial charge on any atom is -0.453 e. The van der Waals surface area contributed by atoms with Crippen molar-refractivity contribution in [2.75, 3.05) is 33.3 Å². The fourth-order valence-electron chi connectivity index (χ4n) is 4.88. The molecule has 2 heterocycles. The van der Waals surface area contributed by atoms with Crippen molar-refractivity contribution in [1.82, 2.24) is 14.7 Å². The zero-order valence-electron chi connectivity index (χ0n) is 21.7. The quantitative estimate of drug-likeness (QED) is 0.622. The van der Waals surface area contributed by atoms with Gasteiger partial charge in [0, 0.05) is 31.7 Å². The maximum atomic E-state index is 13.8. The Morgan fingerprint density at radius 2 is 1.70 bits per heavy atom. The number of hydrogen-bond acceptors (Lipinski definition) is 6. The number of aliphatic imine (C=N–C) groups is 1. The van der Waals surface area contributed by atoms with Gasteiger partial charge in [0.05, 0.1) is 13.7 Å². The van der Waals surface area contributed by atoms with Crippen molar-refractivity contribution in [2.24, 2.45) is 16.6 Å². The van der Waals surface area contributed by atoms with Crippen LogP contribution in [0.1, 0.15) is 48.2 Å². The Bertz CT molecular complexity index is 1170. The van der Waals surface area contributed by atoms with Crippen molar-refractivity contribution in [3.05, 3.63) is 71.3 Å². The lowest BCUT2D eigenvalue weighted by Crippen LogP contribution is -2.50. The second-order valence-corrected chi connectivity index (χ2v) is 9.97. The maximum Gasteiger partial charge on any atom is 0.409 e. The van der Waals surface area contributed by atoms with Gasteiger partial charge in [0.25, 0.3) is 11.8 Å². The molecular formula is C28H35N5O4. The SMILES string of the molecule is COC(=O)N1CCN(C(=O)c2cccc(CN3C(=O)[C@@](CCC(C)C)(c4ccccc4)N=C3N)c2)CC1. The lowest BCUT2D eigenvalue weighted by atomic mass is 9.83. The highest BCUT2D eigenvalue weighted by molar-refractivity contribution is 6.07. The molecule has 4 rings (SSSR count). The molecule has 0 radical (unpaired) electrons. The Morgan fingerprint density at radius 1 is 1.03 bits per heavy atom. The van der Waals surface area contributed by atoms with E-state index in [1.807, 2.05) is 42.5 Å². The van der Waals surface area contributed by atoms with E-state index in [4.69, 9.17) is 15.5 Å². The Balaban J connectivity index is 1.50. The number of amides is 3. The number of hydrogen-bond donors (Lipinski definition) is 1. The van der Waals surface area contributed by atoms with Crippen LogP contribution in [-0.4, -0.2) is 71.9 Å². The summed E-state index contributed by atoms with van der Waals surface area (Å²) in [6, 6.07) is 16.8. The first kappa shape index (κ1) is 26.2. The summed E-state index contributed by atoms with van der Waals surface area (Å²) in [4.78, 5) is 48.3. The number of rotatable bonds is 7. The van der Waals surface area contributed by atoms with Crippen LogP contribution < -0.4 is 5.73 Å². The largest absolute Gasteiger partial charge is 0.453 e. The van der Waals surface area contributed by atoms with E-state index >= 15 is 0 Å². The molecule has 9 nitrogen and oxygen atoms in total. The van der Waals surface area contributed by atoms with Crippen LogP contribution in [0.5, 0.6) is 0 Å². The molecule has 0 aliphatic carbocycles. The van der Waals surface area contributed by atoms with Crippen molar-refractivity contribution in [3.8, 4) is 0 Å². The van der Waals surface area contributed by atoms with E-state index in [9.17, 15) is 14.4 Å². The van der Waals surface area contributed by atoms with E-state index in [1.54, 1.807) is 21.9 Å². The highest BCUT2D eigenvalue weighted by Crippen LogP contribution is 2.38. The van der Waals surface area contributed by atoms with Crippen LogP contribution in [0.4, 0.5) is 4.79 Å². The predicted octanol–water partition coefficient (Wildman–Crippen LogP) is 3.20. The summed E-state index contributed by atoms with van der Waals surface area (Å²) in [5, 5.41) is 0. The third kappa shape index (κ3) is 5.45. The highest BCUT2D eigenvalue weighted by atomic mass is 16.5. The maximum absolute atomic E-state index is 13.8. The Labute approximate surface area is 217 Å². The molecule has 0 aromatic heterocycles. The Morgan fingerprint density at radius 3 is 2.35 bits per heavy atom. The van der Waals surface area contributed by atoms with Gasteiger partial charge in [-0.25, -0.2) is 9.79 Å². The topological polar surface area (TPSA) is 109 Å². The molecule has 1 atom stereocenters. The standard InChI is InChI=1S/C28H35N5O4/c1-20(2)12-13-28(23-10-5-4-6-11-23)25(35)33(26(29)30-28)19-21-8-7-9-22(18-21)24(34)31-14-16-32(17-15-31)27(36)37-3/h4-11,18,20H,12-17,19H2,1-3H3,(H2,29,30)/t28-/m1/s1. The van der Waals surface area contributed by atoms with Crippen LogP contribution in [0.25, 0.3) is 0 Å². The smallest absolute Gasteiger partial charge is 0.409 e. The average Bonchev–Trinajstić information content (AvgIpc) is 3.17. The lowest BCUT2D eigenvalue weighted by molar-refractivity contribution is -0.132. The first-order valence-electron chi connectivity index (χ1n) is 12.7. The van der Waals surface area contributed by atoms with Gasteiger partial charge in [-0.1, -0.05) is 56.3 Å². The highest BCUT2D eigenvalue weighted by Gasteiger charge is 2.48.